The van der Waals surface area contributed by atoms with Crippen LogP contribution < -0.4 is 9.47 Å². The van der Waals surface area contributed by atoms with E-state index in [0.717, 1.165) is 11.8 Å². The van der Waals surface area contributed by atoms with E-state index in [0.29, 0.717) is 17.4 Å². The molecule has 0 radical (unpaired) electrons. The number of aldehydes is 1. The van der Waals surface area contributed by atoms with Gasteiger partial charge in [0.1, 0.15) is 12.5 Å². The van der Waals surface area contributed by atoms with E-state index in [4.69, 9.17) is 13.9 Å². The Bertz CT molecular complexity index is 561. The van der Waals surface area contributed by atoms with Crippen LogP contribution in [0.15, 0.2) is 41.2 Å². The van der Waals surface area contributed by atoms with Crippen LogP contribution in [0.5, 0.6) is 11.5 Å². The number of hydrogen-bond acceptors (Lipinski definition) is 5. The maximum atomic E-state index is 10.3. The summed E-state index contributed by atoms with van der Waals surface area (Å²) in [7, 11) is 1.56. The van der Waals surface area contributed by atoms with Crippen molar-refractivity contribution in [2.45, 2.75) is 6.61 Å². The molecule has 5 heteroatoms. The summed E-state index contributed by atoms with van der Waals surface area (Å²) in [6, 6.07) is 5.38. The molecule has 0 aliphatic rings. The van der Waals surface area contributed by atoms with E-state index in [9.17, 15) is 4.79 Å². The fourth-order valence-electron chi connectivity index (χ4n) is 1.52. The van der Waals surface area contributed by atoms with Crippen molar-refractivity contribution in [3.05, 3.63) is 48.2 Å². The van der Waals surface area contributed by atoms with Crippen molar-refractivity contribution in [3.63, 3.8) is 0 Å². The third-order valence-electron chi connectivity index (χ3n) is 2.39. The number of aromatic nitrogens is 1. The quantitative estimate of drug-likeness (QED) is 0.589. The van der Waals surface area contributed by atoms with Crippen molar-refractivity contribution in [2.24, 2.45) is 0 Å². The third-order valence-corrected chi connectivity index (χ3v) is 2.39. The van der Waals surface area contributed by atoms with E-state index in [1.807, 2.05) is 6.07 Å². The van der Waals surface area contributed by atoms with Crippen molar-refractivity contribution >= 4 is 12.4 Å². The molecule has 0 amide bonds. The summed E-state index contributed by atoms with van der Waals surface area (Å²) >= 11 is 0. The van der Waals surface area contributed by atoms with Crippen LogP contribution in [0.3, 0.4) is 0 Å². The number of rotatable bonds is 6. The monoisotopic (exact) mass is 259 g/mol. The number of carbonyl (C=O) groups is 1. The van der Waals surface area contributed by atoms with E-state index < -0.39 is 0 Å². The number of ether oxygens (including phenoxy) is 2. The summed E-state index contributed by atoms with van der Waals surface area (Å²) in [5, 5.41) is 0. The molecule has 98 valence electrons. The Labute approximate surface area is 110 Å². The normalized spacial score (nSPS) is 10.6. The predicted octanol–water partition coefficient (Wildman–Crippen LogP) is 2.47. The maximum Gasteiger partial charge on any atom is 0.232 e. The van der Waals surface area contributed by atoms with Crippen molar-refractivity contribution in [2.75, 3.05) is 7.11 Å². The van der Waals surface area contributed by atoms with Gasteiger partial charge in [0.15, 0.2) is 18.1 Å². The molecule has 1 aromatic heterocycles. The molecule has 5 nitrogen and oxygen atoms in total. The van der Waals surface area contributed by atoms with Gasteiger partial charge >= 0.3 is 0 Å². The zero-order valence-corrected chi connectivity index (χ0v) is 10.4. The highest BCUT2D eigenvalue weighted by Crippen LogP contribution is 2.29. The number of benzene rings is 1. The fourth-order valence-corrected chi connectivity index (χ4v) is 1.52. The molecule has 0 N–H and O–H groups in total. The minimum absolute atomic E-state index is 0.229. The van der Waals surface area contributed by atoms with Crippen LogP contribution in [-0.4, -0.2) is 18.4 Å². The lowest BCUT2D eigenvalue weighted by molar-refractivity contribution is -0.104. The maximum absolute atomic E-state index is 10.3. The molecule has 0 aliphatic carbocycles. The van der Waals surface area contributed by atoms with Gasteiger partial charge in [-0.05, 0) is 23.8 Å². The second-order valence-corrected chi connectivity index (χ2v) is 3.62. The second-order valence-electron chi connectivity index (χ2n) is 3.62. The standard InChI is InChI=1S/C14H13NO4/c1-17-13-9-11(3-2-7-16)4-5-12(13)19-10-14-15-6-8-18-14/h2-9H,10H2,1H3. The van der Waals surface area contributed by atoms with Crippen molar-refractivity contribution in [1.82, 2.24) is 4.98 Å². The largest absolute Gasteiger partial charge is 0.493 e. The summed E-state index contributed by atoms with van der Waals surface area (Å²) < 4.78 is 15.9. The first-order valence-corrected chi connectivity index (χ1v) is 5.64. The van der Waals surface area contributed by atoms with Gasteiger partial charge in [-0.1, -0.05) is 12.1 Å². The van der Waals surface area contributed by atoms with Crippen LogP contribution in [0, 0.1) is 0 Å². The minimum Gasteiger partial charge on any atom is -0.493 e. The highest BCUT2D eigenvalue weighted by molar-refractivity contribution is 5.74. The molecule has 0 atom stereocenters. The SMILES string of the molecule is COc1cc(C=CC=O)ccc1OCc1ncco1. The van der Waals surface area contributed by atoms with Crippen LogP contribution in [-0.2, 0) is 11.4 Å². The molecule has 0 saturated carbocycles. The highest BCUT2D eigenvalue weighted by atomic mass is 16.5. The molecule has 19 heavy (non-hydrogen) atoms. The van der Waals surface area contributed by atoms with Crippen molar-refractivity contribution in [1.29, 1.82) is 0 Å². The summed E-state index contributed by atoms with van der Waals surface area (Å²) in [4.78, 5) is 14.2. The fraction of sp³-hybridized carbons (Fsp3) is 0.143. The molecule has 1 heterocycles. The highest BCUT2D eigenvalue weighted by Gasteiger charge is 2.06. The molecule has 1 aromatic carbocycles. The smallest absolute Gasteiger partial charge is 0.232 e. The van der Waals surface area contributed by atoms with Crippen molar-refractivity contribution < 1.29 is 18.7 Å². The Morgan fingerprint density at radius 2 is 2.26 bits per heavy atom. The lowest BCUT2D eigenvalue weighted by Crippen LogP contribution is -1.98. The van der Waals surface area contributed by atoms with E-state index in [-0.39, 0.29) is 6.61 Å². The van der Waals surface area contributed by atoms with Gasteiger partial charge in [0.2, 0.25) is 5.89 Å². The average molecular weight is 259 g/mol. The van der Waals surface area contributed by atoms with E-state index in [1.165, 1.54) is 12.3 Å². The molecule has 2 rings (SSSR count). The molecule has 0 unspecified atom stereocenters. The molecular weight excluding hydrogens is 246 g/mol. The van der Waals surface area contributed by atoms with Crippen LogP contribution in [0.2, 0.25) is 0 Å². The van der Waals surface area contributed by atoms with Crippen LogP contribution in [0.4, 0.5) is 0 Å². The summed E-state index contributed by atoms with van der Waals surface area (Å²) in [6.45, 7) is 0.229. The van der Waals surface area contributed by atoms with Gasteiger partial charge in [0.05, 0.1) is 13.3 Å². The Morgan fingerprint density at radius 3 is 2.95 bits per heavy atom. The number of oxazole rings is 1. The van der Waals surface area contributed by atoms with Crippen LogP contribution in [0.25, 0.3) is 6.08 Å². The van der Waals surface area contributed by atoms with E-state index in [1.54, 1.807) is 31.5 Å². The molecule has 0 saturated heterocycles. The molecule has 0 bridgehead atoms. The van der Waals surface area contributed by atoms with Crippen LogP contribution >= 0.6 is 0 Å². The van der Waals surface area contributed by atoms with E-state index in [2.05, 4.69) is 4.98 Å². The number of hydrogen-bond donors (Lipinski definition) is 0. The summed E-state index contributed by atoms with van der Waals surface area (Å²) in [5.41, 5.74) is 0.854. The summed E-state index contributed by atoms with van der Waals surface area (Å²) in [5.74, 6) is 1.66. The van der Waals surface area contributed by atoms with Gasteiger partial charge in [0, 0.05) is 0 Å². The first-order chi connectivity index (χ1) is 9.33. The zero-order chi connectivity index (χ0) is 13.5. The molecule has 2 aromatic rings. The lowest BCUT2D eigenvalue weighted by atomic mass is 10.2. The van der Waals surface area contributed by atoms with E-state index >= 15 is 0 Å². The number of nitrogens with zero attached hydrogens (tertiary/aromatic N) is 1. The van der Waals surface area contributed by atoms with Gasteiger partial charge in [-0.2, -0.15) is 0 Å². The van der Waals surface area contributed by atoms with Crippen molar-refractivity contribution in [3.8, 4) is 11.5 Å². The average Bonchev–Trinajstić information content (AvgIpc) is 2.96. The third kappa shape index (κ3) is 3.45. The number of methoxy groups -OCH3 is 1. The summed E-state index contributed by atoms with van der Waals surface area (Å²) in [6.07, 6.45) is 6.88. The molecular formula is C14H13NO4. The Morgan fingerprint density at radius 1 is 1.37 bits per heavy atom. The molecule has 0 aliphatic heterocycles. The number of carbonyl (C=O) groups excluding carboxylic acids is 1. The van der Waals surface area contributed by atoms with Gasteiger partial charge < -0.3 is 13.9 Å². The van der Waals surface area contributed by atoms with Gasteiger partial charge in [0.25, 0.3) is 0 Å². The molecule has 0 fully saturated rings. The van der Waals surface area contributed by atoms with Gasteiger partial charge in [-0.3, -0.25) is 4.79 Å². The Hall–Kier alpha value is -2.56. The van der Waals surface area contributed by atoms with Gasteiger partial charge in [-0.25, -0.2) is 4.98 Å². The topological polar surface area (TPSA) is 61.6 Å². The van der Waals surface area contributed by atoms with Gasteiger partial charge in [-0.15, -0.1) is 0 Å². The first-order valence-electron chi connectivity index (χ1n) is 5.64. The number of allylic oxidation sites excluding steroid dienone is 1. The predicted molar refractivity (Wildman–Crippen MR) is 68.9 cm³/mol. The second kappa shape index (κ2) is 6.39. The molecule has 0 spiro atoms. The Kier molecular flexibility index (Phi) is 4.34. The minimum atomic E-state index is 0.229. The lowest BCUT2D eigenvalue weighted by Gasteiger charge is -2.09. The zero-order valence-electron chi connectivity index (χ0n) is 10.4. The van der Waals surface area contributed by atoms with Crippen LogP contribution in [0.1, 0.15) is 11.5 Å². The Balaban J connectivity index is 2.11. The first kappa shape index (κ1) is 12.9.